The molecule has 0 saturated heterocycles. The number of rotatable bonds is 5. The molecule has 1 atom stereocenters. The van der Waals surface area contributed by atoms with Gasteiger partial charge in [-0.25, -0.2) is 4.98 Å². The van der Waals surface area contributed by atoms with Gasteiger partial charge in [0.25, 0.3) is 0 Å². The monoisotopic (exact) mass is 392 g/mol. The number of H-pyrrole nitrogens is 1. The molecule has 2 aromatic carbocycles. The number of aryl methyl sites for hydroxylation is 2. The lowest BCUT2D eigenvalue weighted by molar-refractivity contribution is -0.129. The van der Waals surface area contributed by atoms with Crippen molar-refractivity contribution in [1.82, 2.24) is 20.1 Å². The standard InChI is InChI=1S/C22H24N4OS/c1-15-10-12-17(13-11-15)21-23-22(25-24-21)28-14-20(27)26(2)19-9-5-7-16-6-3-4-8-18(16)19/h3-4,6,8,10-13,19H,5,7,9,14H2,1-2H3,(H,23,24,25). The minimum atomic E-state index is 0.105. The minimum absolute atomic E-state index is 0.105. The normalized spacial score (nSPS) is 15.9. The Kier molecular flexibility index (Phi) is 5.48. The summed E-state index contributed by atoms with van der Waals surface area (Å²) in [6, 6.07) is 16.8. The topological polar surface area (TPSA) is 61.9 Å². The molecule has 1 aliphatic rings. The van der Waals surface area contributed by atoms with Gasteiger partial charge in [0.1, 0.15) is 0 Å². The molecule has 3 aromatic rings. The zero-order valence-electron chi connectivity index (χ0n) is 16.2. The summed E-state index contributed by atoms with van der Waals surface area (Å²) in [4.78, 5) is 19.2. The number of aromatic amines is 1. The van der Waals surface area contributed by atoms with Crippen molar-refractivity contribution in [2.75, 3.05) is 12.8 Å². The number of amides is 1. The third-order valence-corrected chi connectivity index (χ3v) is 6.15. The van der Waals surface area contributed by atoms with E-state index in [0.717, 1.165) is 30.7 Å². The summed E-state index contributed by atoms with van der Waals surface area (Å²) in [5, 5.41) is 7.81. The molecule has 4 rings (SSSR count). The fourth-order valence-corrected chi connectivity index (χ4v) is 4.41. The van der Waals surface area contributed by atoms with Crippen LogP contribution in [0, 0.1) is 6.92 Å². The van der Waals surface area contributed by atoms with Gasteiger partial charge in [0.15, 0.2) is 5.82 Å². The number of fused-ring (bicyclic) bond motifs is 1. The number of benzene rings is 2. The largest absolute Gasteiger partial charge is 0.338 e. The van der Waals surface area contributed by atoms with Crippen molar-refractivity contribution in [3.63, 3.8) is 0 Å². The third kappa shape index (κ3) is 3.97. The Morgan fingerprint density at radius 3 is 2.82 bits per heavy atom. The van der Waals surface area contributed by atoms with Crippen molar-refractivity contribution >= 4 is 17.7 Å². The van der Waals surface area contributed by atoms with Crippen LogP contribution >= 0.6 is 11.8 Å². The van der Waals surface area contributed by atoms with Gasteiger partial charge in [-0.15, -0.1) is 5.10 Å². The first-order valence-corrected chi connectivity index (χ1v) is 10.6. The fourth-order valence-electron chi connectivity index (χ4n) is 3.68. The first-order chi connectivity index (χ1) is 13.6. The molecule has 144 valence electrons. The highest BCUT2D eigenvalue weighted by Gasteiger charge is 2.26. The molecule has 1 aliphatic carbocycles. The molecule has 1 heterocycles. The number of aromatic nitrogens is 3. The first kappa shape index (κ1) is 18.7. The highest BCUT2D eigenvalue weighted by molar-refractivity contribution is 7.99. The van der Waals surface area contributed by atoms with E-state index in [-0.39, 0.29) is 11.9 Å². The lowest BCUT2D eigenvalue weighted by Crippen LogP contribution is -2.34. The van der Waals surface area contributed by atoms with E-state index in [9.17, 15) is 4.79 Å². The lowest BCUT2D eigenvalue weighted by Gasteiger charge is -2.33. The molecular formula is C22H24N4OS. The molecule has 0 radical (unpaired) electrons. The van der Waals surface area contributed by atoms with Crippen LogP contribution in [0.3, 0.4) is 0 Å². The maximum absolute atomic E-state index is 12.8. The highest BCUT2D eigenvalue weighted by Crippen LogP contribution is 2.34. The molecular weight excluding hydrogens is 368 g/mol. The van der Waals surface area contributed by atoms with E-state index < -0.39 is 0 Å². The summed E-state index contributed by atoms with van der Waals surface area (Å²) in [5.41, 5.74) is 4.85. The second-order valence-corrected chi connectivity index (χ2v) is 8.18. The van der Waals surface area contributed by atoms with Crippen molar-refractivity contribution in [3.8, 4) is 11.4 Å². The SMILES string of the molecule is Cc1ccc(-c2nc(SCC(=O)N(C)C3CCCc4ccccc43)n[nH]2)cc1. The van der Waals surface area contributed by atoms with Crippen molar-refractivity contribution in [3.05, 3.63) is 65.2 Å². The van der Waals surface area contributed by atoms with E-state index in [1.165, 1.54) is 28.5 Å². The van der Waals surface area contributed by atoms with Crippen LogP contribution in [0.25, 0.3) is 11.4 Å². The van der Waals surface area contributed by atoms with Gasteiger partial charge in [0.05, 0.1) is 11.8 Å². The first-order valence-electron chi connectivity index (χ1n) is 9.57. The van der Waals surface area contributed by atoms with Crippen molar-refractivity contribution in [1.29, 1.82) is 0 Å². The third-order valence-electron chi connectivity index (χ3n) is 5.31. The molecule has 0 fully saturated rings. The maximum Gasteiger partial charge on any atom is 0.233 e. The summed E-state index contributed by atoms with van der Waals surface area (Å²) in [5.74, 6) is 1.17. The van der Waals surface area contributed by atoms with Gasteiger partial charge in [0, 0.05) is 12.6 Å². The quantitative estimate of drug-likeness (QED) is 0.654. The zero-order valence-corrected chi connectivity index (χ0v) is 17.0. The molecule has 1 amide bonds. The van der Waals surface area contributed by atoms with Gasteiger partial charge < -0.3 is 4.90 Å². The second-order valence-electron chi connectivity index (χ2n) is 7.23. The molecule has 0 aliphatic heterocycles. The van der Waals surface area contributed by atoms with Crippen LogP contribution in [0.2, 0.25) is 0 Å². The molecule has 1 aromatic heterocycles. The summed E-state index contributed by atoms with van der Waals surface area (Å²) in [7, 11) is 1.91. The number of nitrogens with one attached hydrogen (secondary N) is 1. The predicted molar refractivity (Wildman–Crippen MR) is 112 cm³/mol. The number of carbonyl (C=O) groups excluding carboxylic acids is 1. The van der Waals surface area contributed by atoms with Gasteiger partial charge in [-0.05, 0) is 37.3 Å². The number of hydrogen-bond donors (Lipinski definition) is 1. The summed E-state index contributed by atoms with van der Waals surface area (Å²) < 4.78 is 0. The van der Waals surface area contributed by atoms with Crippen LogP contribution in [0.1, 0.15) is 35.6 Å². The maximum atomic E-state index is 12.8. The van der Waals surface area contributed by atoms with Gasteiger partial charge in [-0.2, -0.15) is 0 Å². The Morgan fingerprint density at radius 2 is 2.00 bits per heavy atom. The van der Waals surface area contributed by atoms with Gasteiger partial charge in [-0.3, -0.25) is 9.89 Å². The average Bonchev–Trinajstić information content (AvgIpc) is 3.20. The van der Waals surface area contributed by atoms with Gasteiger partial charge in [0.2, 0.25) is 11.1 Å². The molecule has 0 bridgehead atoms. The smallest absolute Gasteiger partial charge is 0.233 e. The van der Waals surface area contributed by atoms with E-state index in [2.05, 4.69) is 46.4 Å². The number of hydrogen-bond acceptors (Lipinski definition) is 4. The Labute approximate surface area is 169 Å². The van der Waals surface area contributed by atoms with E-state index in [1.807, 2.05) is 36.2 Å². The molecule has 0 saturated carbocycles. The highest BCUT2D eigenvalue weighted by atomic mass is 32.2. The van der Waals surface area contributed by atoms with E-state index in [1.54, 1.807) is 0 Å². The van der Waals surface area contributed by atoms with Gasteiger partial charge in [-0.1, -0.05) is 65.9 Å². The predicted octanol–water partition coefficient (Wildman–Crippen LogP) is 4.41. The van der Waals surface area contributed by atoms with E-state index in [4.69, 9.17) is 0 Å². The number of thioether (sulfide) groups is 1. The summed E-state index contributed by atoms with van der Waals surface area (Å²) in [6.45, 7) is 2.05. The Hall–Kier alpha value is -2.60. The summed E-state index contributed by atoms with van der Waals surface area (Å²) >= 11 is 1.38. The molecule has 0 spiro atoms. The van der Waals surface area contributed by atoms with Crippen molar-refractivity contribution in [2.24, 2.45) is 0 Å². The Morgan fingerprint density at radius 1 is 1.21 bits per heavy atom. The minimum Gasteiger partial charge on any atom is -0.338 e. The molecule has 28 heavy (non-hydrogen) atoms. The van der Waals surface area contributed by atoms with Crippen molar-refractivity contribution in [2.45, 2.75) is 37.4 Å². The van der Waals surface area contributed by atoms with Crippen LogP contribution in [0.15, 0.2) is 53.7 Å². The lowest BCUT2D eigenvalue weighted by atomic mass is 9.87. The fraction of sp³-hybridized carbons (Fsp3) is 0.318. The average molecular weight is 393 g/mol. The van der Waals surface area contributed by atoms with Crippen LogP contribution in [0.5, 0.6) is 0 Å². The number of carbonyl (C=O) groups is 1. The Bertz CT molecular complexity index is 967. The van der Waals surface area contributed by atoms with Crippen LogP contribution < -0.4 is 0 Å². The van der Waals surface area contributed by atoms with Crippen LogP contribution in [-0.2, 0) is 11.2 Å². The second kappa shape index (κ2) is 8.19. The van der Waals surface area contributed by atoms with Gasteiger partial charge >= 0.3 is 0 Å². The van der Waals surface area contributed by atoms with Crippen LogP contribution in [-0.4, -0.2) is 38.8 Å². The van der Waals surface area contributed by atoms with E-state index in [0.29, 0.717) is 10.9 Å². The summed E-state index contributed by atoms with van der Waals surface area (Å²) in [6.07, 6.45) is 3.23. The molecule has 1 unspecified atom stereocenters. The molecule has 1 N–H and O–H groups in total. The van der Waals surface area contributed by atoms with Crippen molar-refractivity contribution < 1.29 is 4.79 Å². The zero-order chi connectivity index (χ0) is 19.5. The Balaban J connectivity index is 1.39. The molecule has 6 heteroatoms. The van der Waals surface area contributed by atoms with E-state index >= 15 is 0 Å². The molecule has 5 nitrogen and oxygen atoms in total. The van der Waals surface area contributed by atoms with Crippen LogP contribution in [0.4, 0.5) is 0 Å². The number of nitrogens with zero attached hydrogens (tertiary/aromatic N) is 3.